The molecule has 0 heterocycles. The summed E-state index contributed by atoms with van der Waals surface area (Å²) in [6, 6.07) is 0. The third kappa shape index (κ3) is 27.2. The van der Waals surface area contributed by atoms with Crippen LogP contribution in [-0.4, -0.2) is 17.6 Å². The summed E-state index contributed by atoms with van der Waals surface area (Å²) in [5.41, 5.74) is 5.14. The van der Waals surface area contributed by atoms with Crippen LogP contribution in [0.4, 0.5) is 0 Å². The van der Waals surface area contributed by atoms with Crippen LogP contribution in [0.25, 0.3) is 0 Å². The van der Waals surface area contributed by atoms with Crippen LogP contribution in [0, 0.1) is 0 Å². The van der Waals surface area contributed by atoms with Crippen molar-refractivity contribution in [2.75, 3.05) is 6.54 Å². The Labute approximate surface area is 61.5 Å². The van der Waals surface area contributed by atoms with Gasteiger partial charge in [0.05, 0.1) is 0 Å². The number of rotatable bonds is 3. The van der Waals surface area contributed by atoms with Crippen LogP contribution in [0.5, 0.6) is 0 Å². The third-order valence-electron chi connectivity index (χ3n) is 0.732. The topological polar surface area (TPSA) is 63.3 Å². The lowest BCUT2D eigenvalue weighted by atomic mass is 10.3. The molecule has 0 saturated heterocycles. The maximum absolute atomic E-state index is 9.25. The third-order valence-corrected chi connectivity index (χ3v) is 0.732. The Balaban J connectivity index is 0. The van der Waals surface area contributed by atoms with E-state index in [1.54, 1.807) is 0 Å². The summed E-state index contributed by atoms with van der Waals surface area (Å²) >= 11 is 0. The summed E-state index contributed by atoms with van der Waals surface area (Å²) in [5, 5.41) is 7.60. The van der Waals surface area contributed by atoms with Crippen LogP contribution in [0.1, 0.15) is 19.8 Å². The fraction of sp³-hybridized carbons (Fsp3) is 0.571. The summed E-state index contributed by atoms with van der Waals surface area (Å²) in [6.45, 7) is 5.94. The second-order valence-corrected chi connectivity index (χ2v) is 1.68. The largest absolute Gasteiger partial charge is 0.478 e. The summed E-state index contributed by atoms with van der Waals surface area (Å²) in [5.74, 6) is -0.981. The minimum atomic E-state index is -0.981. The Hall–Kier alpha value is -0.830. The summed E-state index contributed by atoms with van der Waals surface area (Å²) < 4.78 is 0. The smallest absolute Gasteiger partial charge is 0.327 e. The molecule has 0 saturated carbocycles. The molecule has 0 aliphatic carbocycles. The van der Waals surface area contributed by atoms with Gasteiger partial charge in [0, 0.05) is 6.08 Å². The minimum absolute atomic E-state index is 0.833. The summed E-state index contributed by atoms with van der Waals surface area (Å²) in [6.07, 6.45) is 3.22. The minimum Gasteiger partial charge on any atom is -0.478 e. The highest BCUT2D eigenvalue weighted by molar-refractivity contribution is 5.78. The molecule has 0 aromatic heterocycles. The Bertz CT molecular complexity index is 89.6. The van der Waals surface area contributed by atoms with Gasteiger partial charge in [-0.3, -0.25) is 0 Å². The summed E-state index contributed by atoms with van der Waals surface area (Å²) in [7, 11) is 0. The second kappa shape index (κ2) is 11.0. The van der Waals surface area contributed by atoms with Crippen molar-refractivity contribution < 1.29 is 9.90 Å². The lowest BCUT2D eigenvalue weighted by molar-refractivity contribution is -0.131. The van der Waals surface area contributed by atoms with Gasteiger partial charge in [-0.1, -0.05) is 19.9 Å². The van der Waals surface area contributed by atoms with Crippen LogP contribution < -0.4 is 5.73 Å². The predicted molar refractivity (Wildman–Crippen MR) is 41.8 cm³/mol. The van der Waals surface area contributed by atoms with Gasteiger partial charge in [-0.15, -0.1) is 0 Å². The molecule has 60 valence electrons. The molecule has 0 atom stereocenters. The molecule has 0 aromatic carbocycles. The lowest BCUT2D eigenvalue weighted by Gasteiger charge is -1.80. The highest BCUT2D eigenvalue weighted by Gasteiger charge is 1.73. The van der Waals surface area contributed by atoms with E-state index >= 15 is 0 Å². The van der Waals surface area contributed by atoms with Crippen molar-refractivity contribution >= 4 is 5.97 Å². The highest BCUT2D eigenvalue weighted by atomic mass is 16.4. The molecule has 0 aromatic rings. The quantitative estimate of drug-likeness (QED) is 0.582. The van der Waals surface area contributed by atoms with Crippen LogP contribution in [0.2, 0.25) is 0 Å². The van der Waals surface area contributed by atoms with E-state index in [4.69, 9.17) is 10.8 Å². The van der Waals surface area contributed by atoms with E-state index in [9.17, 15) is 4.79 Å². The van der Waals surface area contributed by atoms with Gasteiger partial charge in [0.15, 0.2) is 0 Å². The molecule has 0 radical (unpaired) electrons. The van der Waals surface area contributed by atoms with Gasteiger partial charge in [-0.25, -0.2) is 4.79 Å². The molecule has 0 spiro atoms. The van der Waals surface area contributed by atoms with Crippen molar-refractivity contribution in [2.24, 2.45) is 5.73 Å². The highest BCUT2D eigenvalue weighted by Crippen LogP contribution is 1.77. The number of carboxylic acid groups (broad SMARTS) is 1. The maximum Gasteiger partial charge on any atom is 0.327 e. The number of carbonyl (C=O) groups is 1. The number of hydrogen-bond donors (Lipinski definition) is 2. The van der Waals surface area contributed by atoms with Crippen molar-refractivity contribution in [1.82, 2.24) is 0 Å². The molecule has 0 bridgehead atoms. The van der Waals surface area contributed by atoms with E-state index in [0.717, 1.165) is 12.6 Å². The SMILES string of the molecule is C=CC(=O)O.CCCCN. The Kier molecular flexibility index (Phi) is 13.1. The fourth-order valence-electron chi connectivity index (χ4n) is 0.204. The van der Waals surface area contributed by atoms with Crippen molar-refractivity contribution in [2.45, 2.75) is 19.8 Å². The van der Waals surface area contributed by atoms with Crippen molar-refractivity contribution in [1.29, 1.82) is 0 Å². The molecule has 0 fully saturated rings. The van der Waals surface area contributed by atoms with E-state index in [1.807, 2.05) is 0 Å². The molecule has 0 unspecified atom stereocenters. The van der Waals surface area contributed by atoms with Crippen LogP contribution in [-0.2, 0) is 4.79 Å². The number of hydrogen-bond acceptors (Lipinski definition) is 2. The van der Waals surface area contributed by atoms with Crippen molar-refractivity contribution in [3.05, 3.63) is 12.7 Å². The van der Waals surface area contributed by atoms with Gasteiger partial charge in [0.25, 0.3) is 0 Å². The van der Waals surface area contributed by atoms with Gasteiger partial charge in [-0.2, -0.15) is 0 Å². The number of aliphatic carboxylic acids is 1. The molecule has 3 heteroatoms. The van der Waals surface area contributed by atoms with E-state index in [-0.39, 0.29) is 0 Å². The Morgan fingerprint density at radius 2 is 2.20 bits per heavy atom. The second-order valence-electron chi connectivity index (χ2n) is 1.68. The zero-order chi connectivity index (χ0) is 8.41. The average molecular weight is 145 g/mol. The van der Waals surface area contributed by atoms with Crippen LogP contribution in [0.3, 0.4) is 0 Å². The van der Waals surface area contributed by atoms with Crippen LogP contribution in [0.15, 0.2) is 12.7 Å². The molecule has 0 aliphatic heterocycles. The maximum atomic E-state index is 9.25. The molecule has 3 N–H and O–H groups in total. The predicted octanol–water partition coefficient (Wildman–Crippen LogP) is 1.00. The van der Waals surface area contributed by atoms with E-state index < -0.39 is 5.97 Å². The Morgan fingerprint density at radius 1 is 1.80 bits per heavy atom. The first-order valence-electron chi connectivity index (χ1n) is 3.24. The summed E-state index contributed by atoms with van der Waals surface area (Å²) in [4.78, 5) is 9.25. The van der Waals surface area contributed by atoms with Gasteiger partial charge < -0.3 is 10.8 Å². The zero-order valence-electron chi connectivity index (χ0n) is 6.34. The van der Waals surface area contributed by atoms with E-state index in [2.05, 4.69) is 13.5 Å². The normalized spacial score (nSPS) is 7.40. The fourth-order valence-corrected chi connectivity index (χ4v) is 0.204. The zero-order valence-corrected chi connectivity index (χ0v) is 6.34. The van der Waals surface area contributed by atoms with E-state index in [1.165, 1.54) is 12.8 Å². The van der Waals surface area contributed by atoms with E-state index in [0.29, 0.717) is 0 Å². The van der Waals surface area contributed by atoms with Gasteiger partial charge in [-0.05, 0) is 13.0 Å². The Morgan fingerprint density at radius 3 is 2.20 bits per heavy atom. The standard InChI is InChI=1S/C4H11N.C3H4O2/c1-2-3-4-5;1-2-3(4)5/h2-5H2,1H3;2H,1H2,(H,4,5). The molecule has 10 heavy (non-hydrogen) atoms. The molecule has 0 rings (SSSR count). The number of carboxylic acids is 1. The monoisotopic (exact) mass is 145 g/mol. The first-order valence-corrected chi connectivity index (χ1v) is 3.24. The molecule has 0 amide bonds. The average Bonchev–Trinajstić information content (AvgIpc) is 1.91. The number of nitrogens with two attached hydrogens (primary N) is 1. The van der Waals surface area contributed by atoms with Crippen LogP contribution >= 0.6 is 0 Å². The molecule has 3 nitrogen and oxygen atoms in total. The molecule has 0 aliphatic rings. The first kappa shape index (κ1) is 11.9. The van der Waals surface area contributed by atoms with Crippen molar-refractivity contribution in [3.8, 4) is 0 Å². The first-order chi connectivity index (χ1) is 4.68. The number of unbranched alkanes of at least 4 members (excludes halogenated alkanes) is 1. The van der Waals surface area contributed by atoms with Gasteiger partial charge >= 0.3 is 5.97 Å². The molecular formula is C7H15NO2. The van der Waals surface area contributed by atoms with Gasteiger partial charge in [0.1, 0.15) is 0 Å². The van der Waals surface area contributed by atoms with Crippen molar-refractivity contribution in [3.63, 3.8) is 0 Å². The molecular weight excluding hydrogens is 130 g/mol. The lowest BCUT2D eigenvalue weighted by Crippen LogP contribution is -1.95. The van der Waals surface area contributed by atoms with Gasteiger partial charge in [0.2, 0.25) is 0 Å².